The second-order valence-electron chi connectivity index (χ2n) is 7.29. The van der Waals surface area contributed by atoms with Crippen LogP contribution in [0.1, 0.15) is 56.9 Å². The molecule has 142 valence electrons. The molecule has 2 atom stereocenters. The highest BCUT2D eigenvalue weighted by atomic mass is 32.1. The molecule has 2 aromatic rings. The van der Waals surface area contributed by atoms with E-state index in [0.29, 0.717) is 26.0 Å². The summed E-state index contributed by atoms with van der Waals surface area (Å²) in [6.07, 6.45) is 3.73. The maximum Gasteiger partial charge on any atom is 0.409 e. The second-order valence-corrected chi connectivity index (χ2v) is 8.37. The van der Waals surface area contributed by atoms with Crippen molar-refractivity contribution in [2.75, 3.05) is 13.2 Å². The number of amides is 1. The van der Waals surface area contributed by atoms with Crippen LogP contribution < -0.4 is 0 Å². The van der Waals surface area contributed by atoms with Crippen molar-refractivity contribution in [1.82, 2.24) is 4.90 Å². The average molecular weight is 376 g/mol. The lowest BCUT2D eigenvalue weighted by Gasteiger charge is -2.41. The maximum absolute atomic E-state index is 12.3. The van der Waals surface area contributed by atoms with Crippen molar-refractivity contribution < 1.29 is 14.6 Å². The van der Waals surface area contributed by atoms with Crippen LogP contribution in [0.4, 0.5) is 4.79 Å². The third-order valence-electron chi connectivity index (χ3n) is 5.38. The van der Waals surface area contributed by atoms with Crippen molar-refractivity contribution in [2.24, 2.45) is 0 Å². The monoisotopic (exact) mass is 375 g/mol. The van der Waals surface area contributed by atoms with Crippen molar-refractivity contribution in [2.45, 2.75) is 64.5 Å². The third kappa shape index (κ3) is 3.74. The molecule has 4 nitrogen and oxygen atoms in total. The highest BCUT2D eigenvalue weighted by Gasteiger charge is 2.41. The zero-order chi connectivity index (χ0) is 18.7. The summed E-state index contributed by atoms with van der Waals surface area (Å²) in [7, 11) is 0. The van der Waals surface area contributed by atoms with Gasteiger partial charge in [-0.1, -0.05) is 32.4 Å². The molecule has 3 rings (SSSR count). The van der Waals surface area contributed by atoms with E-state index in [0.717, 1.165) is 24.1 Å². The summed E-state index contributed by atoms with van der Waals surface area (Å²) in [6.45, 7) is 7.23. The minimum absolute atomic E-state index is 0.0428. The zero-order valence-electron chi connectivity index (χ0n) is 16.0. The van der Waals surface area contributed by atoms with Crippen LogP contribution in [-0.4, -0.2) is 35.3 Å². The van der Waals surface area contributed by atoms with E-state index in [1.165, 1.54) is 15.6 Å². The molecule has 0 spiro atoms. The molecule has 1 aromatic heterocycles. The molecule has 1 aliphatic heterocycles. The molecule has 2 heterocycles. The Bertz CT molecular complexity index is 772. The van der Waals surface area contributed by atoms with E-state index in [1.54, 1.807) is 16.2 Å². The van der Waals surface area contributed by atoms with Gasteiger partial charge in [-0.3, -0.25) is 0 Å². The Morgan fingerprint density at radius 1 is 1.42 bits per heavy atom. The summed E-state index contributed by atoms with van der Waals surface area (Å²) in [6, 6.07) is 8.47. The maximum atomic E-state index is 12.3. The second kappa shape index (κ2) is 7.97. The Morgan fingerprint density at radius 2 is 2.23 bits per heavy atom. The van der Waals surface area contributed by atoms with Gasteiger partial charge in [0, 0.05) is 28.6 Å². The van der Waals surface area contributed by atoms with Crippen LogP contribution in [0.25, 0.3) is 10.1 Å². The summed E-state index contributed by atoms with van der Waals surface area (Å²) in [5.74, 6) is 0. The molecule has 26 heavy (non-hydrogen) atoms. The van der Waals surface area contributed by atoms with Crippen molar-refractivity contribution in [3.63, 3.8) is 0 Å². The van der Waals surface area contributed by atoms with E-state index >= 15 is 0 Å². The Labute approximate surface area is 159 Å². The molecule has 1 aliphatic rings. The fraction of sp³-hybridized carbons (Fsp3) is 0.571. The summed E-state index contributed by atoms with van der Waals surface area (Å²) in [5.41, 5.74) is 0.451. The van der Waals surface area contributed by atoms with Gasteiger partial charge in [-0.05, 0) is 49.3 Å². The highest BCUT2D eigenvalue weighted by molar-refractivity contribution is 7.19. The summed E-state index contributed by atoms with van der Waals surface area (Å²) in [4.78, 5) is 15.1. The van der Waals surface area contributed by atoms with Gasteiger partial charge in [0.25, 0.3) is 0 Å². The first kappa shape index (κ1) is 19.2. The Hall–Kier alpha value is -1.59. The SMILES string of the molecule is CCCCOC(=O)N1CCC(O)(c2cc3c(CC)cccc3s2)CC1C. The molecule has 1 fully saturated rings. The fourth-order valence-electron chi connectivity index (χ4n) is 3.77. The van der Waals surface area contributed by atoms with Crippen LogP contribution in [0.5, 0.6) is 0 Å². The molecule has 0 aliphatic carbocycles. The Kier molecular flexibility index (Phi) is 5.88. The third-order valence-corrected chi connectivity index (χ3v) is 6.67. The van der Waals surface area contributed by atoms with E-state index < -0.39 is 5.60 Å². The first-order chi connectivity index (χ1) is 12.5. The predicted octanol–water partition coefficient (Wildman–Crippen LogP) is 5.07. The van der Waals surface area contributed by atoms with E-state index in [9.17, 15) is 9.90 Å². The van der Waals surface area contributed by atoms with E-state index in [1.807, 2.05) is 6.92 Å². The number of hydrogen-bond acceptors (Lipinski definition) is 4. The molecule has 1 N–H and O–H groups in total. The van der Waals surface area contributed by atoms with Gasteiger partial charge in [0.15, 0.2) is 0 Å². The van der Waals surface area contributed by atoms with E-state index in [4.69, 9.17) is 4.74 Å². The number of fused-ring (bicyclic) bond motifs is 1. The number of hydrogen-bond donors (Lipinski definition) is 1. The largest absolute Gasteiger partial charge is 0.449 e. The summed E-state index contributed by atoms with van der Waals surface area (Å²) < 4.78 is 6.58. The number of benzene rings is 1. The first-order valence-electron chi connectivity index (χ1n) is 9.66. The number of aliphatic hydroxyl groups is 1. The molecule has 5 heteroatoms. The number of piperidine rings is 1. The molecular formula is C21H29NO3S. The van der Waals surface area contributed by atoms with Crippen LogP contribution in [0.2, 0.25) is 0 Å². The van der Waals surface area contributed by atoms with Crippen LogP contribution in [0, 0.1) is 0 Å². The quantitative estimate of drug-likeness (QED) is 0.742. The number of thiophene rings is 1. The van der Waals surface area contributed by atoms with Gasteiger partial charge in [-0.15, -0.1) is 11.3 Å². The number of ether oxygens (including phenoxy) is 1. The van der Waals surface area contributed by atoms with Crippen LogP contribution in [-0.2, 0) is 16.8 Å². The Morgan fingerprint density at radius 3 is 2.92 bits per heavy atom. The van der Waals surface area contributed by atoms with Crippen molar-refractivity contribution in [3.05, 3.63) is 34.7 Å². The van der Waals surface area contributed by atoms with Crippen LogP contribution >= 0.6 is 11.3 Å². The van der Waals surface area contributed by atoms with Gasteiger partial charge < -0.3 is 14.7 Å². The number of unbranched alkanes of at least 4 members (excludes halogenated alkanes) is 1. The number of rotatable bonds is 5. The summed E-state index contributed by atoms with van der Waals surface area (Å²) >= 11 is 1.68. The lowest BCUT2D eigenvalue weighted by molar-refractivity contribution is -0.0423. The standard InChI is InChI=1S/C21H29NO3S/c1-4-6-12-25-20(23)22-11-10-21(24,14-15(22)3)19-13-17-16(5-2)8-7-9-18(17)26-19/h7-9,13,15,24H,4-6,10-12,14H2,1-3H3. The lowest BCUT2D eigenvalue weighted by atomic mass is 9.85. The number of carbonyl (C=O) groups excluding carboxylic acids is 1. The van der Waals surface area contributed by atoms with Crippen LogP contribution in [0.3, 0.4) is 0 Å². The number of carbonyl (C=O) groups is 1. The molecule has 1 aromatic carbocycles. The molecule has 2 unspecified atom stereocenters. The fourth-order valence-corrected chi connectivity index (χ4v) is 5.00. The van der Waals surface area contributed by atoms with E-state index in [2.05, 4.69) is 38.1 Å². The molecule has 1 amide bonds. The van der Waals surface area contributed by atoms with Gasteiger partial charge in [0.1, 0.15) is 5.60 Å². The number of likely N-dealkylation sites (tertiary alicyclic amines) is 1. The van der Waals surface area contributed by atoms with Gasteiger partial charge in [-0.2, -0.15) is 0 Å². The summed E-state index contributed by atoms with van der Waals surface area (Å²) in [5, 5.41) is 12.6. The smallest absolute Gasteiger partial charge is 0.409 e. The van der Waals surface area contributed by atoms with Crippen molar-refractivity contribution >= 4 is 27.5 Å². The highest BCUT2D eigenvalue weighted by Crippen LogP contribution is 2.42. The van der Waals surface area contributed by atoms with Gasteiger partial charge in [0.05, 0.1) is 6.61 Å². The van der Waals surface area contributed by atoms with Crippen LogP contribution in [0.15, 0.2) is 24.3 Å². The molecule has 0 saturated carbocycles. The normalized spacial score (nSPS) is 23.4. The van der Waals surface area contributed by atoms with Gasteiger partial charge >= 0.3 is 6.09 Å². The minimum atomic E-state index is -0.867. The van der Waals surface area contributed by atoms with E-state index in [-0.39, 0.29) is 12.1 Å². The van der Waals surface area contributed by atoms with Crippen molar-refractivity contribution in [3.8, 4) is 0 Å². The molecule has 1 saturated heterocycles. The average Bonchev–Trinajstić information content (AvgIpc) is 3.07. The topological polar surface area (TPSA) is 49.8 Å². The zero-order valence-corrected chi connectivity index (χ0v) is 16.8. The molecule has 0 bridgehead atoms. The van der Waals surface area contributed by atoms with Crippen molar-refractivity contribution in [1.29, 1.82) is 0 Å². The first-order valence-corrected chi connectivity index (χ1v) is 10.5. The Balaban J connectivity index is 1.75. The van der Waals surface area contributed by atoms with Gasteiger partial charge in [-0.25, -0.2) is 4.79 Å². The predicted molar refractivity (Wildman–Crippen MR) is 107 cm³/mol. The molecule has 0 radical (unpaired) electrons. The van der Waals surface area contributed by atoms with Gasteiger partial charge in [0.2, 0.25) is 0 Å². The number of nitrogens with zero attached hydrogens (tertiary/aromatic N) is 1. The lowest BCUT2D eigenvalue weighted by Crippen LogP contribution is -2.50. The molecular weight excluding hydrogens is 346 g/mol. The number of aryl methyl sites for hydroxylation is 1. The minimum Gasteiger partial charge on any atom is -0.449 e.